The van der Waals surface area contributed by atoms with Crippen LogP contribution in [-0.4, -0.2) is 74.7 Å². The number of hydrogen-bond acceptors (Lipinski definition) is 4. The van der Waals surface area contributed by atoms with Gasteiger partial charge >= 0.3 is 0 Å². The molecule has 1 N–H and O–H groups in total. The maximum atomic E-state index is 4.89. The lowest BCUT2D eigenvalue weighted by Gasteiger charge is -2.37. The van der Waals surface area contributed by atoms with Crippen LogP contribution in [0.4, 0.5) is 5.00 Å². The predicted octanol–water partition coefficient (Wildman–Crippen LogP) is 3.33. The summed E-state index contributed by atoms with van der Waals surface area (Å²) in [5, 5.41) is 7.04. The van der Waals surface area contributed by atoms with Crippen molar-refractivity contribution in [1.82, 2.24) is 15.1 Å². The van der Waals surface area contributed by atoms with Gasteiger partial charge in [-0.25, -0.2) is 0 Å². The molecule has 148 valence electrons. The van der Waals surface area contributed by atoms with Gasteiger partial charge in [0.2, 0.25) is 0 Å². The molecule has 2 saturated heterocycles. The minimum atomic E-state index is 0. The number of rotatable bonds is 7. The normalized spacial score (nSPS) is 18.9. The van der Waals surface area contributed by atoms with Crippen LogP contribution in [0, 0.1) is 0 Å². The van der Waals surface area contributed by atoms with Gasteiger partial charge in [-0.05, 0) is 69.8 Å². The van der Waals surface area contributed by atoms with Crippen molar-refractivity contribution in [2.45, 2.75) is 32.6 Å². The van der Waals surface area contributed by atoms with Gasteiger partial charge in [0.15, 0.2) is 5.96 Å². The van der Waals surface area contributed by atoms with Crippen molar-refractivity contribution in [3.8, 4) is 0 Å². The van der Waals surface area contributed by atoms with Crippen LogP contribution in [0.5, 0.6) is 0 Å². The van der Waals surface area contributed by atoms with Gasteiger partial charge in [-0.1, -0.05) is 0 Å². The zero-order valence-electron chi connectivity index (χ0n) is 16.0. The fourth-order valence-corrected chi connectivity index (χ4v) is 4.44. The van der Waals surface area contributed by atoms with Crippen LogP contribution in [0.15, 0.2) is 22.5 Å². The van der Waals surface area contributed by atoms with E-state index in [0.717, 1.165) is 45.2 Å². The molecule has 0 atom stereocenters. The fourth-order valence-electron chi connectivity index (χ4n) is 3.65. The minimum Gasteiger partial charge on any atom is -0.360 e. The number of aliphatic imine (C=N–C) groups is 1. The molecule has 0 radical (unpaired) electrons. The van der Waals surface area contributed by atoms with E-state index in [0.29, 0.717) is 0 Å². The van der Waals surface area contributed by atoms with Crippen LogP contribution >= 0.6 is 35.3 Å². The van der Waals surface area contributed by atoms with Crippen LogP contribution in [0.25, 0.3) is 0 Å². The molecule has 0 bridgehead atoms. The molecule has 0 spiro atoms. The molecule has 2 aliphatic rings. The number of hydrogen-bond donors (Lipinski definition) is 1. The second-order valence-corrected chi connectivity index (χ2v) is 7.84. The molecular formula is C19H34IN5S. The molecule has 1 aromatic heterocycles. The van der Waals surface area contributed by atoms with E-state index in [9.17, 15) is 0 Å². The standard InChI is InChI=1S/C19H33N5S.HI/c1-2-20-19(21-9-3-4-10-22-11-5-6-12-22)24-15-13-23(14-16-24)18-8-7-17-25-18;/h7-8,17H,2-6,9-16H2,1H3,(H,20,21);1H. The Morgan fingerprint density at radius 1 is 1.12 bits per heavy atom. The van der Waals surface area contributed by atoms with Crippen LogP contribution in [0.3, 0.4) is 0 Å². The van der Waals surface area contributed by atoms with Gasteiger partial charge in [0.25, 0.3) is 0 Å². The third-order valence-corrected chi connectivity index (χ3v) is 6.00. The fraction of sp³-hybridized carbons (Fsp3) is 0.737. The van der Waals surface area contributed by atoms with Crippen LogP contribution < -0.4 is 10.2 Å². The lowest BCUT2D eigenvalue weighted by atomic mass is 10.3. The SMILES string of the molecule is CCNC(=NCCCCN1CCCC1)N1CCN(c2cccs2)CC1.I. The number of nitrogens with one attached hydrogen (secondary N) is 1. The average molecular weight is 491 g/mol. The molecule has 0 amide bonds. The monoisotopic (exact) mass is 491 g/mol. The third-order valence-electron chi connectivity index (χ3n) is 5.07. The highest BCUT2D eigenvalue weighted by Gasteiger charge is 2.20. The Balaban J connectivity index is 0.00000243. The van der Waals surface area contributed by atoms with Gasteiger partial charge in [0.05, 0.1) is 5.00 Å². The molecule has 3 heterocycles. The summed E-state index contributed by atoms with van der Waals surface area (Å²) < 4.78 is 0. The summed E-state index contributed by atoms with van der Waals surface area (Å²) in [6.07, 6.45) is 5.25. The maximum Gasteiger partial charge on any atom is 0.194 e. The first-order valence-electron chi connectivity index (χ1n) is 9.91. The molecule has 0 aromatic carbocycles. The van der Waals surface area contributed by atoms with Crippen molar-refractivity contribution in [2.75, 3.05) is 63.8 Å². The lowest BCUT2D eigenvalue weighted by molar-refractivity contribution is 0.330. The Hall–Kier alpha value is -0.540. The molecular weight excluding hydrogens is 457 g/mol. The number of unbranched alkanes of at least 4 members (excludes halogenated alkanes) is 1. The molecule has 5 nitrogen and oxygen atoms in total. The topological polar surface area (TPSA) is 34.1 Å². The molecule has 26 heavy (non-hydrogen) atoms. The van der Waals surface area contributed by atoms with Crippen molar-refractivity contribution >= 4 is 46.3 Å². The van der Waals surface area contributed by atoms with E-state index in [2.05, 4.69) is 44.5 Å². The van der Waals surface area contributed by atoms with Gasteiger partial charge in [0, 0.05) is 39.3 Å². The van der Waals surface area contributed by atoms with Gasteiger partial charge in [-0.15, -0.1) is 35.3 Å². The minimum absolute atomic E-state index is 0. The summed E-state index contributed by atoms with van der Waals surface area (Å²) in [5.74, 6) is 1.11. The maximum absolute atomic E-state index is 4.89. The number of piperazine rings is 1. The van der Waals surface area contributed by atoms with E-state index in [4.69, 9.17) is 4.99 Å². The van der Waals surface area contributed by atoms with E-state index in [-0.39, 0.29) is 24.0 Å². The first-order chi connectivity index (χ1) is 12.4. The quantitative estimate of drug-likeness (QED) is 0.275. The van der Waals surface area contributed by atoms with Crippen molar-refractivity contribution in [3.63, 3.8) is 0 Å². The van der Waals surface area contributed by atoms with Crippen LogP contribution in [-0.2, 0) is 0 Å². The van der Waals surface area contributed by atoms with E-state index in [1.165, 1.54) is 50.3 Å². The van der Waals surface area contributed by atoms with Gasteiger partial charge in [-0.3, -0.25) is 4.99 Å². The van der Waals surface area contributed by atoms with Gasteiger partial charge < -0.3 is 20.0 Å². The lowest BCUT2D eigenvalue weighted by Crippen LogP contribution is -2.52. The molecule has 0 saturated carbocycles. The summed E-state index contributed by atoms with van der Waals surface area (Å²) in [5.41, 5.74) is 0. The van der Waals surface area contributed by atoms with Crippen molar-refractivity contribution in [2.24, 2.45) is 4.99 Å². The Morgan fingerprint density at radius 2 is 1.88 bits per heavy atom. The molecule has 0 unspecified atom stereocenters. The zero-order chi connectivity index (χ0) is 17.3. The van der Waals surface area contributed by atoms with E-state index < -0.39 is 0 Å². The van der Waals surface area contributed by atoms with Gasteiger partial charge in [-0.2, -0.15) is 0 Å². The molecule has 1 aromatic rings. The summed E-state index contributed by atoms with van der Waals surface area (Å²) in [6, 6.07) is 4.36. The molecule has 0 aliphatic carbocycles. The Morgan fingerprint density at radius 3 is 2.54 bits per heavy atom. The van der Waals surface area contributed by atoms with Crippen LogP contribution in [0.1, 0.15) is 32.6 Å². The molecule has 2 aliphatic heterocycles. The first-order valence-corrected chi connectivity index (χ1v) is 10.8. The number of anilines is 1. The highest BCUT2D eigenvalue weighted by Crippen LogP contribution is 2.22. The highest BCUT2D eigenvalue weighted by atomic mass is 127. The Labute approximate surface area is 179 Å². The summed E-state index contributed by atoms with van der Waals surface area (Å²) >= 11 is 1.84. The number of nitrogens with zero attached hydrogens (tertiary/aromatic N) is 4. The second-order valence-electron chi connectivity index (χ2n) is 6.92. The first kappa shape index (κ1) is 21.8. The zero-order valence-corrected chi connectivity index (χ0v) is 19.2. The molecule has 7 heteroatoms. The van der Waals surface area contributed by atoms with E-state index >= 15 is 0 Å². The summed E-state index contributed by atoms with van der Waals surface area (Å²) in [6.45, 7) is 12.2. The van der Waals surface area contributed by atoms with Crippen molar-refractivity contribution in [1.29, 1.82) is 0 Å². The largest absolute Gasteiger partial charge is 0.360 e. The summed E-state index contributed by atoms with van der Waals surface area (Å²) in [7, 11) is 0. The molecule has 2 fully saturated rings. The van der Waals surface area contributed by atoms with Crippen molar-refractivity contribution < 1.29 is 0 Å². The van der Waals surface area contributed by atoms with E-state index in [1.54, 1.807) is 0 Å². The highest BCUT2D eigenvalue weighted by molar-refractivity contribution is 14.0. The predicted molar refractivity (Wildman–Crippen MR) is 124 cm³/mol. The number of thiophene rings is 1. The van der Waals surface area contributed by atoms with Crippen LogP contribution in [0.2, 0.25) is 0 Å². The molecule has 3 rings (SSSR count). The smallest absolute Gasteiger partial charge is 0.194 e. The van der Waals surface area contributed by atoms with E-state index in [1.807, 2.05) is 11.3 Å². The summed E-state index contributed by atoms with van der Waals surface area (Å²) in [4.78, 5) is 12.4. The average Bonchev–Trinajstić information content (AvgIpc) is 3.35. The number of halogens is 1. The van der Waals surface area contributed by atoms with Gasteiger partial charge in [0.1, 0.15) is 0 Å². The Kier molecular flexibility index (Phi) is 10.1. The second kappa shape index (κ2) is 12.0. The third kappa shape index (κ3) is 6.56. The number of guanidine groups is 1. The van der Waals surface area contributed by atoms with Crippen molar-refractivity contribution in [3.05, 3.63) is 17.5 Å². The Bertz CT molecular complexity index is 508. The number of likely N-dealkylation sites (tertiary alicyclic amines) is 1.